The molecule has 0 saturated carbocycles. The molecule has 0 atom stereocenters. The first-order chi connectivity index (χ1) is 8.41. The van der Waals surface area contributed by atoms with Crippen LogP contribution in [0.3, 0.4) is 0 Å². The molecule has 0 radical (unpaired) electrons. The predicted molar refractivity (Wildman–Crippen MR) is 58.8 cm³/mol. The summed E-state index contributed by atoms with van der Waals surface area (Å²) in [6.45, 7) is 0. The fourth-order valence-electron chi connectivity index (χ4n) is 1.37. The van der Waals surface area contributed by atoms with Crippen molar-refractivity contribution >= 4 is 5.97 Å². The van der Waals surface area contributed by atoms with E-state index in [1.165, 1.54) is 14.1 Å². The molecule has 0 aliphatic carbocycles. The van der Waals surface area contributed by atoms with Gasteiger partial charge in [0, 0.05) is 20.3 Å². The van der Waals surface area contributed by atoms with Gasteiger partial charge in [0.2, 0.25) is 5.82 Å². The Morgan fingerprint density at radius 3 is 2.56 bits per heavy atom. The van der Waals surface area contributed by atoms with Gasteiger partial charge in [0.15, 0.2) is 0 Å². The van der Waals surface area contributed by atoms with Gasteiger partial charge in [0.25, 0.3) is 0 Å². The van der Waals surface area contributed by atoms with Crippen LogP contribution in [0.1, 0.15) is 10.4 Å². The molecule has 0 aliphatic heterocycles. The number of carboxylic acid groups (broad SMARTS) is 1. The van der Waals surface area contributed by atoms with Gasteiger partial charge >= 0.3 is 17.2 Å². The second kappa shape index (κ2) is 3.95. The molecule has 0 saturated heterocycles. The SMILES string of the molecule is Cn1nc(-n2cc(C(=O)O)cn2)c(=O)n(C)c1=O. The van der Waals surface area contributed by atoms with Crippen LogP contribution in [0.5, 0.6) is 0 Å². The van der Waals surface area contributed by atoms with Gasteiger partial charge < -0.3 is 5.11 Å². The van der Waals surface area contributed by atoms with E-state index in [1.54, 1.807) is 0 Å². The maximum Gasteiger partial charge on any atom is 0.346 e. The quantitative estimate of drug-likeness (QED) is 0.685. The second-order valence-corrected chi connectivity index (χ2v) is 3.57. The minimum absolute atomic E-state index is 0.0762. The summed E-state index contributed by atoms with van der Waals surface area (Å²) in [7, 11) is 2.68. The lowest BCUT2D eigenvalue weighted by Gasteiger charge is -2.04. The molecule has 9 nitrogen and oxygen atoms in total. The van der Waals surface area contributed by atoms with E-state index in [0.29, 0.717) is 0 Å². The number of rotatable bonds is 2. The summed E-state index contributed by atoms with van der Waals surface area (Å²) in [5, 5.41) is 16.2. The summed E-state index contributed by atoms with van der Waals surface area (Å²) < 4.78 is 2.86. The first kappa shape index (κ1) is 11.8. The van der Waals surface area contributed by atoms with Crippen LogP contribution in [0.15, 0.2) is 22.0 Å². The van der Waals surface area contributed by atoms with Crippen molar-refractivity contribution in [3.05, 3.63) is 38.8 Å². The van der Waals surface area contributed by atoms with Crippen molar-refractivity contribution < 1.29 is 9.90 Å². The number of carbonyl (C=O) groups is 1. The molecule has 1 N–H and O–H groups in total. The summed E-state index contributed by atoms with van der Waals surface area (Å²) >= 11 is 0. The summed E-state index contributed by atoms with van der Waals surface area (Å²) in [5.41, 5.74) is -1.31. The molecule has 0 unspecified atom stereocenters. The van der Waals surface area contributed by atoms with Crippen LogP contribution in [0.4, 0.5) is 0 Å². The summed E-state index contributed by atoms with van der Waals surface area (Å²) in [5.74, 6) is -1.31. The molecule has 2 aromatic heterocycles. The number of aryl methyl sites for hydroxylation is 1. The fraction of sp³-hybridized carbons (Fsp3) is 0.222. The molecular weight excluding hydrogens is 242 g/mol. The molecule has 0 bridgehead atoms. The van der Waals surface area contributed by atoms with Crippen LogP contribution < -0.4 is 11.2 Å². The average Bonchev–Trinajstić information content (AvgIpc) is 2.80. The van der Waals surface area contributed by atoms with Crippen molar-refractivity contribution in [1.29, 1.82) is 0 Å². The zero-order chi connectivity index (χ0) is 13.4. The number of hydrogen-bond donors (Lipinski definition) is 1. The molecule has 0 fully saturated rings. The van der Waals surface area contributed by atoms with Gasteiger partial charge in [-0.05, 0) is 0 Å². The van der Waals surface area contributed by atoms with E-state index in [0.717, 1.165) is 26.3 Å². The van der Waals surface area contributed by atoms with Gasteiger partial charge in [0.05, 0.1) is 11.8 Å². The Hall–Kier alpha value is -2.71. The molecule has 0 spiro atoms. The van der Waals surface area contributed by atoms with Gasteiger partial charge in [-0.25, -0.2) is 19.0 Å². The summed E-state index contributed by atoms with van der Waals surface area (Å²) in [6, 6.07) is 0. The maximum absolute atomic E-state index is 11.8. The molecule has 0 amide bonds. The lowest BCUT2D eigenvalue weighted by atomic mass is 10.4. The predicted octanol–water partition coefficient (Wildman–Crippen LogP) is -1.64. The van der Waals surface area contributed by atoms with E-state index in [-0.39, 0.29) is 11.4 Å². The average molecular weight is 251 g/mol. The molecule has 2 aromatic rings. The second-order valence-electron chi connectivity index (χ2n) is 3.57. The summed E-state index contributed by atoms with van der Waals surface area (Å²) in [4.78, 5) is 33.9. The van der Waals surface area contributed by atoms with Crippen molar-refractivity contribution in [2.75, 3.05) is 0 Å². The first-order valence-corrected chi connectivity index (χ1v) is 4.84. The van der Waals surface area contributed by atoms with Crippen molar-refractivity contribution in [3.8, 4) is 5.82 Å². The first-order valence-electron chi connectivity index (χ1n) is 4.84. The van der Waals surface area contributed by atoms with Gasteiger partial charge in [-0.3, -0.25) is 9.36 Å². The highest BCUT2D eigenvalue weighted by molar-refractivity contribution is 5.86. The zero-order valence-electron chi connectivity index (χ0n) is 9.56. The van der Waals surface area contributed by atoms with E-state index in [2.05, 4.69) is 10.2 Å². The standard InChI is InChI=1S/C9H9N5O4/c1-12-7(15)6(11-13(2)9(12)18)14-4-5(3-10-14)8(16)17/h3-4H,1-2H3,(H,16,17). The third-order valence-electron chi connectivity index (χ3n) is 2.35. The van der Waals surface area contributed by atoms with Crippen LogP contribution in [0, 0.1) is 0 Å². The monoisotopic (exact) mass is 251 g/mol. The van der Waals surface area contributed by atoms with E-state index in [9.17, 15) is 14.4 Å². The van der Waals surface area contributed by atoms with E-state index < -0.39 is 17.2 Å². The molecule has 2 heterocycles. The van der Waals surface area contributed by atoms with Crippen molar-refractivity contribution in [1.82, 2.24) is 24.1 Å². The maximum atomic E-state index is 11.8. The van der Waals surface area contributed by atoms with Gasteiger partial charge in [0.1, 0.15) is 0 Å². The fourth-order valence-corrected chi connectivity index (χ4v) is 1.37. The Morgan fingerprint density at radius 1 is 1.33 bits per heavy atom. The summed E-state index contributed by atoms with van der Waals surface area (Å²) in [6.07, 6.45) is 2.24. The van der Waals surface area contributed by atoms with Crippen LogP contribution in [0.2, 0.25) is 0 Å². The topological polar surface area (TPSA) is 112 Å². The molecule has 94 valence electrons. The Labute approximate surface area is 99.5 Å². The third kappa shape index (κ3) is 1.71. The highest BCUT2D eigenvalue weighted by Gasteiger charge is 2.13. The lowest BCUT2D eigenvalue weighted by molar-refractivity contribution is 0.0697. The molecule has 0 aliphatic rings. The molecule has 18 heavy (non-hydrogen) atoms. The van der Waals surface area contributed by atoms with Gasteiger partial charge in [-0.2, -0.15) is 5.10 Å². The Balaban J connectivity index is 2.68. The normalized spacial score (nSPS) is 10.6. The third-order valence-corrected chi connectivity index (χ3v) is 2.35. The molecule has 2 rings (SSSR count). The lowest BCUT2D eigenvalue weighted by Crippen LogP contribution is -2.40. The van der Waals surface area contributed by atoms with E-state index in [1.807, 2.05) is 0 Å². The van der Waals surface area contributed by atoms with E-state index >= 15 is 0 Å². The van der Waals surface area contributed by atoms with E-state index in [4.69, 9.17) is 5.11 Å². The van der Waals surface area contributed by atoms with Crippen LogP contribution in [-0.4, -0.2) is 35.2 Å². The number of aromatic nitrogens is 5. The highest BCUT2D eigenvalue weighted by atomic mass is 16.4. The highest BCUT2D eigenvalue weighted by Crippen LogP contribution is 2.00. The van der Waals surface area contributed by atoms with Crippen LogP contribution in [0.25, 0.3) is 5.82 Å². The Bertz CT molecular complexity index is 738. The minimum atomic E-state index is -1.16. The Kier molecular flexibility index (Phi) is 2.58. The van der Waals surface area contributed by atoms with Crippen molar-refractivity contribution in [2.24, 2.45) is 14.1 Å². The van der Waals surface area contributed by atoms with Gasteiger partial charge in [-0.15, -0.1) is 5.10 Å². The zero-order valence-corrected chi connectivity index (χ0v) is 9.56. The van der Waals surface area contributed by atoms with Crippen LogP contribution in [-0.2, 0) is 14.1 Å². The van der Waals surface area contributed by atoms with Crippen molar-refractivity contribution in [3.63, 3.8) is 0 Å². The number of aromatic carboxylic acids is 1. The smallest absolute Gasteiger partial charge is 0.346 e. The Morgan fingerprint density at radius 2 is 2.00 bits per heavy atom. The number of nitrogens with zero attached hydrogens (tertiary/aromatic N) is 5. The number of carboxylic acids is 1. The largest absolute Gasteiger partial charge is 0.478 e. The van der Waals surface area contributed by atoms with Crippen LogP contribution >= 0.6 is 0 Å². The number of hydrogen-bond acceptors (Lipinski definition) is 5. The van der Waals surface area contributed by atoms with Crippen molar-refractivity contribution in [2.45, 2.75) is 0 Å². The molecular formula is C9H9N5O4. The van der Waals surface area contributed by atoms with Gasteiger partial charge in [-0.1, -0.05) is 0 Å². The minimum Gasteiger partial charge on any atom is -0.478 e. The molecule has 9 heteroatoms. The molecule has 0 aromatic carbocycles.